The van der Waals surface area contributed by atoms with Crippen molar-refractivity contribution in [3.05, 3.63) is 0 Å². The first-order valence-electron chi connectivity index (χ1n) is 8.31. The summed E-state index contributed by atoms with van der Waals surface area (Å²) < 4.78 is 30.8. The minimum atomic E-state index is -1.10. The Balaban J connectivity index is 0. The van der Waals surface area contributed by atoms with Crippen molar-refractivity contribution in [3.63, 3.8) is 0 Å². The Labute approximate surface area is 145 Å². The van der Waals surface area contributed by atoms with Crippen LogP contribution in [0.25, 0.3) is 0 Å². The molecule has 0 N–H and O–H groups in total. The highest BCUT2D eigenvalue weighted by atomic mass is 31.2. The van der Waals surface area contributed by atoms with Crippen LogP contribution in [-0.4, -0.2) is 41.2 Å². The van der Waals surface area contributed by atoms with Gasteiger partial charge in [0.1, 0.15) is 0 Å². The van der Waals surface area contributed by atoms with E-state index in [-0.39, 0.29) is 0 Å². The average molecular weight is 374 g/mol. The highest BCUT2D eigenvalue weighted by molar-refractivity contribution is 7.41. The zero-order chi connectivity index (χ0) is 17.8. The third-order valence-corrected chi connectivity index (χ3v) is 4.61. The van der Waals surface area contributed by atoms with Gasteiger partial charge in [-0.25, -0.2) is 0 Å². The first kappa shape index (κ1) is 25.9. The summed E-state index contributed by atoms with van der Waals surface area (Å²) in [5.74, 6) is 0. The molecule has 0 fully saturated rings. The monoisotopic (exact) mass is 374 g/mol. The molecule has 8 heteroatoms. The lowest BCUT2D eigenvalue weighted by Crippen LogP contribution is -1.99. The molecule has 0 aromatic carbocycles. The summed E-state index contributed by atoms with van der Waals surface area (Å²) in [6.07, 6.45) is 6.67. The van der Waals surface area contributed by atoms with Crippen LogP contribution in [0.15, 0.2) is 0 Å². The van der Waals surface area contributed by atoms with Crippen molar-refractivity contribution in [2.75, 3.05) is 41.2 Å². The van der Waals surface area contributed by atoms with Gasteiger partial charge in [0.15, 0.2) is 0 Å². The van der Waals surface area contributed by atoms with Gasteiger partial charge in [0.05, 0.1) is 19.8 Å². The van der Waals surface area contributed by atoms with Crippen molar-refractivity contribution in [1.29, 1.82) is 0 Å². The minimum Gasteiger partial charge on any atom is -0.316 e. The highest BCUT2D eigenvalue weighted by Crippen LogP contribution is 2.40. The van der Waals surface area contributed by atoms with E-state index in [9.17, 15) is 0 Å². The second-order valence-electron chi connectivity index (χ2n) is 4.56. The van der Waals surface area contributed by atoms with Gasteiger partial charge >= 0.3 is 17.2 Å². The van der Waals surface area contributed by atoms with Gasteiger partial charge in [-0.1, -0.05) is 40.0 Å². The van der Waals surface area contributed by atoms with Crippen LogP contribution < -0.4 is 0 Å². The molecular weight excluding hydrogens is 338 g/mol. The molecule has 0 radical (unpaired) electrons. The van der Waals surface area contributed by atoms with Crippen LogP contribution in [-0.2, 0) is 27.1 Å². The van der Waals surface area contributed by atoms with Crippen LogP contribution in [0.1, 0.15) is 59.3 Å². The first-order valence-corrected chi connectivity index (χ1v) is 10.5. The van der Waals surface area contributed by atoms with Gasteiger partial charge in [0.25, 0.3) is 0 Å². The van der Waals surface area contributed by atoms with Gasteiger partial charge in [0, 0.05) is 21.3 Å². The van der Waals surface area contributed by atoms with Gasteiger partial charge in [-0.3, -0.25) is 0 Å². The van der Waals surface area contributed by atoms with Crippen molar-refractivity contribution < 1.29 is 27.1 Å². The summed E-state index contributed by atoms with van der Waals surface area (Å²) in [6, 6.07) is 0. The average Bonchev–Trinajstić information content (AvgIpc) is 2.57. The Morgan fingerprint density at radius 2 is 0.826 bits per heavy atom. The molecule has 0 unspecified atom stereocenters. The second kappa shape index (κ2) is 22.6. The maximum Gasteiger partial charge on any atom is 0.332 e. The summed E-state index contributed by atoms with van der Waals surface area (Å²) in [5, 5.41) is 0. The summed E-state index contributed by atoms with van der Waals surface area (Å²) in [6.45, 7) is 8.71. The molecule has 23 heavy (non-hydrogen) atoms. The fourth-order valence-electron chi connectivity index (χ4n) is 1.19. The van der Waals surface area contributed by atoms with Crippen LogP contribution in [0.3, 0.4) is 0 Å². The van der Waals surface area contributed by atoms with Crippen LogP contribution >= 0.6 is 17.2 Å². The molecule has 142 valence electrons. The van der Waals surface area contributed by atoms with Gasteiger partial charge in [-0.2, -0.15) is 0 Å². The molecule has 0 saturated heterocycles. The standard InChI is InChI=1S/C12H27O3P.C3H9O3P/c1-4-7-10-13-16(14-11-8-5-2)15-12-9-6-3;1-4-7(5-2)6-3/h4-12H2,1-3H3;1-3H3. The van der Waals surface area contributed by atoms with E-state index in [1.807, 2.05) is 0 Å². The molecule has 0 spiro atoms. The quantitative estimate of drug-likeness (QED) is 0.266. The number of hydrogen-bond acceptors (Lipinski definition) is 6. The van der Waals surface area contributed by atoms with Crippen LogP contribution in [0.4, 0.5) is 0 Å². The summed E-state index contributed by atoms with van der Waals surface area (Å²) in [4.78, 5) is 0. The fraction of sp³-hybridized carbons (Fsp3) is 1.00. The normalized spacial score (nSPS) is 11.0. The smallest absolute Gasteiger partial charge is 0.316 e. The molecule has 0 aliphatic carbocycles. The molecule has 0 aromatic rings. The molecule has 0 aliphatic rings. The largest absolute Gasteiger partial charge is 0.332 e. The Bertz CT molecular complexity index is 179. The number of hydrogen-bond donors (Lipinski definition) is 0. The number of rotatable bonds is 15. The van der Waals surface area contributed by atoms with Gasteiger partial charge in [-0.05, 0) is 19.3 Å². The van der Waals surface area contributed by atoms with E-state index in [2.05, 4.69) is 34.3 Å². The SMILES string of the molecule is CCCCOP(OCCCC)OCCCC.COP(OC)OC. The molecule has 0 saturated carbocycles. The van der Waals surface area contributed by atoms with E-state index < -0.39 is 17.2 Å². The summed E-state index contributed by atoms with van der Waals surface area (Å²) in [7, 11) is 2.47. The van der Waals surface area contributed by atoms with Crippen LogP contribution in [0, 0.1) is 0 Å². The van der Waals surface area contributed by atoms with E-state index in [1.165, 1.54) is 0 Å². The second-order valence-corrected chi connectivity index (χ2v) is 7.32. The van der Waals surface area contributed by atoms with Gasteiger partial charge in [0.2, 0.25) is 0 Å². The Morgan fingerprint density at radius 3 is 1.00 bits per heavy atom. The van der Waals surface area contributed by atoms with Gasteiger partial charge < -0.3 is 27.1 Å². The van der Waals surface area contributed by atoms with E-state index in [0.29, 0.717) is 0 Å². The number of unbranched alkanes of at least 4 members (excludes halogenated alkanes) is 3. The lowest BCUT2D eigenvalue weighted by molar-refractivity contribution is 0.155. The molecular formula is C15H36O6P2. The third-order valence-electron chi connectivity index (χ3n) is 2.53. The summed E-state index contributed by atoms with van der Waals surface area (Å²) in [5.41, 5.74) is 0. The van der Waals surface area contributed by atoms with Crippen molar-refractivity contribution in [2.45, 2.75) is 59.3 Å². The maximum absolute atomic E-state index is 5.60. The van der Waals surface area contributed by atoms with Gasteiger partial charge in [-0.15, -0.1) is 0 Å². The topological polar surface area (TPSA) is 55.4 Å². The molecule has 0 aromatic heterocycles. The minimum absolute atomic E-state index is 0.750. The fourth-order valence-corrected chi connectivity index (χ4v) is 2.69. The van der Waals surface area contributed by atoms with E-state index in [0.717, 1.165) is 58.3 Å². The highest BCUT2D eigenvalue weighted by Gasteiger charge is 2.11. The summed E-state index contributed by atoms with van der Waals surface area (Å²) >= 11 is 0. The van der Waals surface area contributed by atoms with E-state index in [4.69, 9.17) is 13.6 Å². The van der Waals surface area contributed by atoms with Crippen molar-refractivity contribution in [1.82, 2.24) is 0 Å². The Hall–Kier alpha value is 0.620. The van der Waals surface area contributed by atoms with Crippen LogP contribution in [0.5, 0.6) is 0 Å². The molecule has 0 bridgehead atoms. The molecule has 6 nitrogen and oxygen atoms in total. The molecule has 0 atom stereocenters. The predicted octanol–water partition coefficient (Wildman–Crippen LogP) is 5.82. The van der Waals surface area contributed by atoms with E-state index in [1.54, 1.807) is 21.3 Å². The zero-order valence-electron chi connectivity index (χ0n) is 15.7. The third kappa shape index (κ3) is 20.6. The maximum atomic E-state index is 5.60. The first-order chi connectivity index (χ1) is 11.2. The molecule has 0 aliphatic heterocycles. The zero-order valence-corrected chi connectivity index (χ0v) is 17.5. The predicted molar refractivity (Wildman–Crippen MR) is 97.4 cm³/mol. The van der Waals surface area contributed by atoms with E-state index >= 15 is 0 Å². The van der Waals surface area contributed by atoms with Crippen molar-refractivity contribution in [3.8, 4) is 0 Å². The van der Waals surface area contributed by atoms with Crippen molar-refractivity contribution in [2.24, 2.45) is 0 Å². The van der Waals surface area contributed by atoms with Crippen LogP contribution in [0.2, 0.25) is 0 Å². The molecule has 0 heterocycles. The molecule has 0 rings (SSSR count). The Morgan fingerprint density at radius 1 is 0.522 bits per heavy atom. The molecule has 0 amide bonds. The lowest BCUT2D eigenvalue weighted by Gasteiger charge is -2.16. The lowest BCUT2D eigenvalue weighted by atomic mass is 10.4. The Kier molecular flexibility index (Phi) is 25.4. The van der Waals surface area contributed by atoms with Crippen molar-refractivity contribution >= 4 is 17.2 Å².